The number of nitrogens with one attached hydrogen (secondary N) is 2. The lowest BCUT2D eigenvalue weighted by Gasteiger charge is -2.11. The van der Waals surface area contributed by atoms with Gasteiger partial charge in [0.15, 0.2) is 11.8 Å². The predicted molar refractivity (Wildman–Crippen MR) is 73.9 cm³/mol. The van der Waals surface area contributed by atoms with Gasteiger partial charge in [0.2, 0.25) is 0 Å². The first kappa shape index (κ1) is 12.4. The van der Waals surface area contributed by atoms with Gasteiger partial charge in [-0.1, -0.05) is 6.42 Å². The van der Waals surface area contributed by atoms with Crippen molar-refractivity contribution in [2.24, 2.45) is 4.99 Å². The summed E-state index contributed by atoms with van der Waals surface area (Å²) < 4.78 is 2.27. The molecule has 2 heterocycles. The standard InChI is InChI=1S/C13H22N6/c1-14-13(16-10-6-7-10)15-9-12-18-17-11-5-3-2-4-8-19(11)12/h10H,2-9H2,1H3,(H2,14,15,16). The highest BCUT2D eigenvalue weighted by atomic mass is 15.3. The van der Waals surface area contributed by atoms with Crippen LogP contribution in [0.25, 0.3) is 0 Å². The van der Waals surface area contributed by atoms with Crippen molar-refractivity contribution >= 4 is 5.96 Å². The van der Waals surface area contributed by atoms with Crippen molar-refractivity contribution in [3.8, 4) is 0 Å². The Balaban J connectivity index is 1.61. The molecule has 104 valence electrons. The topological polar surface area (TPSA) is 67.1 Å². The van der Waals surface area contributed by atoms with Gasteiger partial charge in [0, 0.05) is 26.1 Å². The number of nitrogens with zero attached hydrogens (tertiary/aromatic N) is 4. The average Bonchev–Trinajstić information content (AvgIpc) is 3.21. The first-order valence-corrected chi connectivity index (χ1v) is 7.25. The molecule has 1 aromatic rings. The van der Waals surface area contributed by atoms with Crippen LogP contribution in [0.5, 0.6) is 0 Å². The summed E-state index contributed by atoms with van der Waals surface area (Å²) in [5.74, 6) is 3.03. The molecule has 1 saturated carbocycles. The molecule has 0 aromatic carbocycles. The number of aromatic nitrogens is 3. The highest BCUT2D eigenvalue weighted by molar-refractivity contribution is 5.80. The maximum absolute atomic E-state index is 4.31. The molecule has 6 nitrogen and oxygen atoms in total. The number of aliphatic imine (C=N–C) groups is 1. The monoisotopic (exact) mass is 262 g/mol. The molecule has 1 fully saturated rings. The summed E-state index contributed by atoms with van der Waals surface area (Å²) in [6, 6.07) is 0.613. The zero-order valence-electron chi connectivity index (χ0n) is 11.5. The van der Waals surface area contributed by atoms with E-state index in [1.165, 1.54) is 32.1 Å². The lowest BCUT2D eigenvalue weighted by Crippen LogP contribution is -2.38. The van der Waals surface area contributed by atoms with E-state index in [0.717, 1.165) is 30.6 Å². The predicted octanol–water partition coefficient (Wildman–Crippen LogP) is 0.832. The number of guanidine groups is 1. The molecular weight excluding hydrogens is 240 g/mol. The Kier molecular flexibility index (Phi) is 3.66. The molecule has 6 heteroatoms. The Morgan fingerprint density at radius 3 is 3.00 bits per heavy atom. The molecule has 0 saturated heterocycles. The minimum atomic E-state index is 0.613. The van der Waals surface area contributed by atoms with Crippen LogP contribution in [-0.2, 0) is 19.5 Å². The Morgan fingerprint density at radius 2 is 2.21 bits per heavy atom. The Hall–Kier alpha value is -1.59. The van der Waals surface area contributed by atoms with E-state index in [0.29, 0.717) is 12.6 Å². The van der Waals surface area contributed by atoms with Gasteiger partial charge in [0.25, 0.3) is 0 Å². The van der Waals surface area contributed by atoms with Crippen LogP contribution >= 0.6 is 0 Å². The van der Waals surface area contributed by atoms with Crippen molar-refractivity contribution < 1.29 is 0 Å². The summed E-state index contributed by atoms with van der Waals surface area (Å²) >= 11 is 0. The van der Waals surface area contributed by atoms with Gasteiger partial charge < -0.3 is 15.2 Å². The second kappa shape index (κ2) is 5.59. The molecule has 2 N–H and O–H groups in total. The maximum Gasteiger partial charge on any atom is 0.191 e. The minimum Gasteiger partial charge on any atom is -0.354 e. The normalized spacial score (nSPS) is 19.7. The highest BCUT2D eigenvalue weighted by Gasteiger charge is 2.22. The first-order valence-electron chi connectivity index (χ1n) is 7.25. The number of fused-ring (bicyclic) bond motifs is 1. The van der Waals surface area contributed by atoms with Crippen molar-refractivity contribution in [3.63, 3.8) is 0 Å². The van der Waals surface area contributed by atoms with E-state index in [1.54, 1.807) is 0 Å². The van der Waals surface area contributed by atoms with Gasteiger partial charge in [0.1, 0.15) is 5.82 Å². The molecule has 0 bridgehead atoms. The van der Waals surface area contributed by atoms with Gasteiger partial charge in [-0.25, -0.2) is 0 Å². The summed E-state index contributed by atoms with van der Waals surface area (Å²) in [5, 5.41) is 15.3. The van der Waals surface area contributed by atoms with E-state index in [4.69, 9.17) is 0 Å². The van der Waals surface area contributed by atoms with Crippen LogP contribution in [0.3, 0.4) is 0 Å². The van der Waals surface area contributed by atoms with Crippen LogP contribution in [-0.4, -0.2) is 33.8 Å². The molecule has 0 atom stereocenters. The lowest BCUT2D eigenvalue weighted by molar-refractivity contribution is 0.596. The molecule has 1 aliphatic carbocycles. The number of hydrogen-bond acceptors (Lipinski definition) is 3. The zero-order valence-corrected chi connectivity index (χ0v) is 11.5. The summed E-state index contributed by atoms with van der Waals surface area (Å²) in [6.45, 7) is 1.74. The minimum absolute atomic E-state index is 0.613. The second-order valence-corrected chi connectivity index (χ2v) is 5.34. The fraction of sp³-hybridized carbons (Fsp3) is 0.769. The molecule has 0 amide bonds. The first-order chi connectivity index (χ1) is 9.36. The molecular formula is C13H22N6. The third-order valence-corrected chi connectivity index (χ3v) is 3.74. The van der Waals surface area contributed by atoms with Crippen LogP contribution in [0, 0.1) is 0 Å². The van der Waals surface area contributed by atoms with E-state index in [1.807, 2.05) is 7.05 Å². The van der Waals surface area contributed by atoms with E-state index in [9.17, 15) is 0 Å². The number of hydrogen-bond donors (Lipinski definition) is 2. The summed E-state index contributed by atoms with van der Waals surface area (Å²) in [7, 11) is 1.81. The second-order valence-electron chi connectivity index (χ2n) is 5.34. The number of aryl methyl sites for hydroxylation is 1. The Morgan fingerprint density at radius 1 is 1.32 bits per heavy atom. The van der Waals surface area contributed by atoms with Crippen molar-refractivity contribution in [3.05, 3.63) is 11.6 Å². The average molecular weight is 262 g/mol. The molecule has 1 aromatic heterocycles. The maximum atomic E-state index is 4.31. The molecule has 0 unspecified atom stereocenters. The van der Waals surface area contributed by atoms with Gasteiger partial charge in [0.05, 0.1) is 6.54 Å². The van der Waals surface area contributed by atoms with Gasteiger partial charge >= 0.3 is 0 Å². The Labute approximate surface area is 113 Å². The summed E-state index contributed by atoms with van der Waals surface area (Å²) in [6.07, 6.45) is 7.31. The smallest absolute Gasteiger partial charge is 0.191 e. The van der Waals surface area contributed by atoms with E-state index >= 15 is 0 Å². The van der Waals surface area contributed by atoms with Gasteiger partial charge in [-0.05, 0) is 25.7 Å². The van der Waals surface area contributed by atoms with E-state index in [-0.39, 0.29) is 0 Å². The van der Waals surface area contributed by atoms with Crippen LogP contribution in [0.1, 0.15) is 43.8 Å². The third-order valence-electron chi connectivity index (χ3n) is 3.74. The fourth-order valence-corrected chi connectivity index (χ4v) is 2.45. The quantitative estimate of drug-likeness (QED) is 0.625. The van der Waals surface area contributed by atoms with Gasteiger partial charge in [-0.2, -0.15) is 0 Å². The van der Waals surface area contributed by atoms with Crippen molar-refractivity contribution in [1.82, 2.24) is 25.4 Å². The molecule has 0 spiro atoms. The van der Waals surface area contributed by atoms with Crippen molar-refractivity contribution in [1.29, 1.82) is 0 Å². The fourth-order valence-electron chi connectivity index (χ4n) is 2.45. The number of rotatable bonds is 3. The molecule has 3 rings (SSSR count). The third kappa shape index (κ3) is 3.05. The van der Waals surface area contributed by atoms with E-state index in [2.05, 4.69) is 30.4 Å². The van der Waals surface area contributed by atoms with Crippen molar-refractivity contribution in [2.75, 3.05) is 7.05 Å². The van der Waals surface area contributed by atoms with E-state index < -0.39 is 0 Å². The van der Waals surface area contributed by atoms with Gasteiger partial charge in [-0.3, -0.25) is 4.99 Å². The van der Waals surface area contributed by atoms with Gasteiger partial charge in [-0.15, -0.1) is 10.2 Å². The zero-order chi connectivity index (χ0) is 13.1. The van der Waals surface area contributed by atoms with Crippen LogP contribution < -0.4 is 10.6 Å². The van der Waals surface area contributed by atoms with Crippen LogP contribution in [0.4, 0.5) is 0 Å². The molecule has 0 radical (unpaired) electrons. The largest absolute Gasteiger partial charge is 0.354 e. The lowest BCUT2D eigenvalue weighted by atomic mass is 10.2. The molecule has 1 aliphatic heterocycles. The SMILES string of the molecule is CN=C(NCc1nnc2n1CCCCC2)NC1CC1. The van der Waals surface area contributed by atoms with Crippen molar-refractivity contribution in [2.45, 2.75) is 57.7 Å². The molecule has 19 heavy (non-hydrogen) atoms. The van der Waals surface area contributed by atoms with Crippen LogP contribution in [0.2, 0.25) is 0 Å². The summed E-state index contributed by atoms with van der Waals surface area (Å²) in [5.41, 5.74) is 0. The summed E-state index contributed by atoms with van der Waals surface area (Å²) in [4.78, 5) is 4.24. The molecule has 2 aliphatic rings. The Bertz CT molecular complexity index is 460. The highest BCUT2D eigenvalue weighted by Crippen LogP contribution is 2.18. The van der Waals surface area contributed by atoms with Crippen LogP contribution in [0.15, 0.2) is 4.99 Å².